The fourth-order valence-corrected chi connectivity index (χ4v) is 2.87. The first-order valence-electron chi connectivity index (χ1n) is 7.88. The normalized spacial score (nSPS) is 15.1. The van der Waals surface area contributed by atoms with E-state index in [1.165, 1.54) is 25.1 Å². The Bertz CT molecular complexity index is 953. The predicted molar refractivity (Wildman–Crippen MR) is 107 cm³/mol. The van der Waals surface area contributed by atoms with Gasteiger partial charge in [0.2, 0.25) is 0 Å². The van der Waals surface area contributed by atoms with Crippen molar-refractivity contribution >= 4 is 52.1 Å². The summed E-state index contributed by atoms with van der Waals surface area (Å²) in [6.07, 6.45) is 1.46. The number of hydrazine groups is 1. The van der Waals surface area contributed by atoms with Crippen LogP contribution in [0.5, 0.6) is 11.5 Å². The van der Waals surface area contributed by atoms with E-state index < -0.39 is 17.8 Å². The summed E-state index contributed by atoms with van der Waals surface area (Å²) < 4.78 is 11.3. The Balaban J connectivity index is 1.90. The predicted octanol–water partition coefficient (Wildman–Crippen LogP) is 2.69. The van der Waals surface area contributed by atoms with E-state index in [4.69, 9.17) is 9.47 Å². The van der Waals surface area contributed by atoms with Crippen molar-refractivity contribution in [1.29, 1.82) is 0 Å². The first kappa shape index (κ1) is 18.9. The SMILES string of the molecule is COc1cc(/C=C2/C(=O)NN(c3ccc(I)cc3)C2=O)ccc1OC(C)=O. The number of carbonyl (C=O) groups is 3. The van der Waals surface area contributed by atoms with Crippen molar-refractivity contribution in [2.75, 3.05) is 12.1 Å². The maximum absolute atomic E-state index is 12.6. The van der Waals surface area contributed by atoms with Crippen LogP contribution in [0.15, 0.2) is 48.0 Å². The van der Waals surface area contributed by atoms with Crippen LogP contribution in [0, 0.1) is 3.57 Å². The molecule has 0 bridgehead atoms. The highest BCUT2D eigenvalue weighted by molar-refractivity contribution is 14.1. The van der Waals surface area contributed by atoms with Crippen LogP contribution in [0.25, 0.3) is 6.08 Å². The summed E-state index contributed by atoms with van der Waals surface area (Å²) >= 11 is 2.16. The highest BCUT2D eigenvalue weighted by Crippen LogP contribution is 2.30. The molecule has 2 aromatic rings. The summed E-state index contributed by atoms with van der Waals surface area (Å²) in [5.74, 6) is -0.849. The van der Waals surface area contributed by atoms with Crippen LogP contribution in [0.4, 0.5) is 5.69 Å². The highest BCUT2D eigenvalue weighted by atomic mass is 127. The molecule has 0 aliphatic carbocycles. The lowest BCUT2D eigenvalue weighted by atomic mass is 10.1. The van der Waals surface area contributed by atoms with Crippen molar-refractivity contribution in [1.82, 2.24) is 5.43 Å². The first-order valence-corrected chi connectivity index (χ1v) is 8.96. The molecule has 1 aliphatic heterocycles. The molecular formula is C19H15IN2O5. The van der Waals surface area contributed by atoms with Crippen LogP contribution >= 0.6 is 22.6 Å². The van der Waals surface area contributed by atoms with Gasteiger partial charge in [0.25, 0.3) is 11.8 Å². The number of hydrogen-bond donors (Lipinski definition) is 1. The van der Waals surface area contributed by atoms with Crippen LogP contribution in [-0.4, -0.2) is 24.9 Å². The largest absolute Gasteiger partial charge is 0.493 e. The first-order chi connectivity index (χ1) is 12.9. The number of ether oxygens (including phenoxy) is 2. The minimum Gasteiger partial charge on any atom is -0.493 e. The lowest BCUT2D eigenvalue weighted by Crippen LogP contribution is -2.35. The molecule has 7 nitrogen and oxygen atoms in total. The number of amides is 2. The molecule has 27 heavy (non-hydrogen) atoms. The second kappa shape index (κ2) is 7.78. The summed E-state index contributed by atoms with van der Waals surface area (Å²) in [4.78, 5) is 36.0. The fourth-order valence-electron chi connectivity index (χ4n) is 2.51. The van der Waals surface area contributed by atoms with Crippen molar-refractivity contribution in [3.05, 3.63) is 57.2 Å². The summed E-state index contributed by atoms with van der Waals surface area (Å²) in [6, 6.07) is 11.9. The van der Waals surface area contributed by atoms with Gasteiger partial charge in [-0.2, -0.15) is 0 Å². The van der Waals surface area contributed by atoms with E-state index in [0.717, 1.165) is 3.57 Å². The average Bonchev–Trinajstić information content (AvgIpc) is 2.91. The molecule has 8 heteroatoms. The van der Waals surface area contributed by atoms with Crippen LogP contribution in [0.3, 0.4) is 0 Å². The van der Waals surface area contributed by atoms with E-state index in [1.54, 1.807) is 30.3 Å². The molecule has 0 unspecified atom stereocenters. The van der Waals surface area contributed by atoms with E-state index in [0.29, 0.717) is 17.0 Å². The smallest absolute Gasteiger partial charge is 0.308 e. The Morgan fingerprint density at radius 1 is 1.11 bits per heavy atom. The third-order valence-corrected chi connectivity index (χ3v) is 4.45. The van der Waals surface area contributed by atoms with Crippen LogP contribution in [-0.2, 0) is 14.4 Å². The lowest BCUT2D eigenvalue weighted by molar-refractivity contribution is -0.132. The van der Waals surface area contributed by atoms with Crippen molar-refractivity contribution in [2.45, 2.75) is 6.92 Å². The molecule has 1 fully saturated rings. The number of nitrogens with zero attached hydrogens (tertiary/aromatic N) is 1. The number of carbonyl (C=O) groups excluding carboxylic acids is 3. The summed E-state index contributed by atoms with van der Waals surface area (Å²) in [6.45, 7) is 1.29. The second-order valence-corrected chi connectivity index (χ2v) is 6.87. The summed E-state index contributed by atoms with van der Waals surface area (Å²) in [7, 11) is 1.44. The van der Waals surface area contributed by atoms with Gasteiger partial charge in [0.05, 0.1) is 12.8 Å². The molecule has 3 rings (SSSR count). The Kier molecular flexibility index (Phi) is 5.45. The molecule has 0 atom stereocenters. The maximum atomic E-state index is 12.6. The maximum Gasteiger partial charge on any atom is 0.308 e. The zero-order valence-corrected chi connectivity index (χ0v) is 16.6. The number of nitrogens with one attached hydrogen (secondary N) is 1. The number of benzene rings is 2. The van der Waals surface area contributed by atoms with Crippen LogP contribution in [0.2, 0.25) is 0 Å². The van der Waals surface area contributed by atoms with Gasteiger partial charge >= 0.3 is 5.97 Å². The minimum atomic E-state index is -0.499. The highest BCUT2D eigenvalue weighted by Gasteiger charge is 2.34. The van der Waals surface area contributed by atoms with Crippen LogP contribution < -0.4 is 19.9 Å². The lowest BCUT2D eigenvalue weighted by Gasteiger charge is -2.14. The fraction of sp³-hybridized carbons (Fsp3) is 0.105. The number of anilines is 1. The minimum absolute atomic E-state index is 0.00385. The zero-order valence-electron chi connectivity index (χ0n) is 14.5. The molecule has 0 saturated carbocycles. The van der Waals surface area contributed by atoms with Crippen LogP contribution in [0.1, 0.15) is 12.5 Å². The zero-order chi connectivity index (χ0) is 19.6. The van der Waals surface area contributed by atoms with Gasteiger partial charge in [-0.25, -0.2) is 5.01 Å². The van der Waals surface area contributed by atoms with Crippen molar-refractivity contribution in [2.24, 2.45) is 0 Å². The number of hydrogen-bond acceptors (Lipinski definition) is 5. The van der Waals surface area contributed by atoms with Gasteiger partial charge in [0.1, 0.15) is 5.57 Å². The summed E-state index contributed by atoms with van der Waals surface area (Å²) in [5, 5.41) is 1.20. The van der Waals surface area contributed by atoms with Crippen molar-refractivity contribution < 1.29 is 23.9 Å². The standard InChI is InChI=1S/C19H15IN2O5/c1-11(23)27-16-8-3-12(10-17(16)26-2)9-15-18(24)21-22(19(15)25)14-6-4-13(20)5-7-14/h3-10H,1-2H3,(H,21,24)/b15-9-. The molecular weight excluding hydrogens is 463 g/mol. The van der Waals surface area contributed by atoms with E-state index in [1.807, 2.05) is 12.1 Å². The Hall–Kier alpha value is -2.88. The third kappa shape index (κ3) is 4.11. The molecule has 1 heterocycles. The van der Waals surface area contributed by atoms with E-state index in [-0.39, 0.29) is 11.3 Å². The molecule has 2 amide bonds. The molecule has 0 aromatic heterocycles. The van der Waals surface area contributed by atoms with Gasteiger partial charge in [-0.15, -0.1) is 0 Å². The number of methoxy groups -OCH3 is 1. The molecule has 2 aromatic carbocycles. The van der Waals surface area contributed by atoms with E-state index in [2.05, 4.69) is 28.0 Å². The van der Waals surface area contributed by atoms with Gasteiger partial charge in [-0.1, -0.05) is 6.07 Å². The molecule has 1 saturated heterocycles. The second-order valence-electron chi connectivity index (χ2n) is 5.62. The van der Waals surface area contributed by atoms with Crippen molar-refractivity contribution in [3.8, 4) is 11.5 Å². The van der Waals surface area contributed by atoms with Gasteiger partial charge in [-0.3, -0.25) is 19.8 Å². The van der Waals surface area contributed by atoms with E-state index >= 15 is 0 Å². The molecule has 0 spiro atoms. The molecule has 0 radical (unpaired) electrons. The Labute approximate surface area is 169 Å². The van der Waals surface area contributed by atoms with Gasteiger partial charge in [-0.05, 0) is 70.6 Å². The molecule has 138 valence electrons. The molecule has 1 N–H and O–H groups in total. The topological polar surface area (TPSA) is 84.9 Å². The monoisotopic (exact) mass is 478 g/mol. The Morgan fingerprint density at radius 2 is 1.81 bits per heavy atom. The number of rotatable bonds is 4. The van der Waals surface area contributed by atoms with Gasteiger partial charge in [0.15, 0.2) is 11.5 Å². The third-order valence-electron chi connectivity index (χ3n) is 3.73. The average molecular weight is 478 g/mol. The van der Waals surface area contributed by atoms with Gasteiger partial charge < -0.3 is 9.47 Å². The Morgan fingerprint density at radius 3 is 2.44 bits per heavy atom. The number of esters is 1. The van der Waals surface area contributed by atoms with Crippen molar-refractivity contribution in [3.63, 3.8) is 0 Å². The van der Waals surface area contributed by atoms with E-state index in [9.17, 15) is 14.4 Å². The number of halogens is 1. The molecule has 1 aliphatic rings. The summed E-state index contributed by atoms with van der Waals surface area (Å²) in [5.41, 5.74) is 3.68. The van der Waals surface area contributed by atoms with Gasteiger partial charge in [0, 0.05) is 10.5 Å². The quantitative estimate of drug-likeness (QED) is 0.240.